The minimum Gasteiger partial charge on any atom is -0.486 e. The van der Waals surface area contributed by atoms with Crippen molar-refractivity contribution in [3.63, 3.8) is 0 Å². The molecule has 0 amide bonds. The summed E-state index contributed by atoms with van der Waals surface area (Å²) >= 11 is 7.35. The predicted octanol–water partition coefficient (Wildman–Crippen LogP) is 4.48. The average molecular weight is 364 g/mol. The number of thioether (sulfide) groups is 1. The second-order valence-corrected chi connectivity index (χ2v) is 6.50. The summed E-state index contributed by atoms with van der Waals surface area (Å²) in [5, 5.41) is 9.73. The van der Waals surface area contributed by atoms with E-state index in [0.717, 1.165) is 16.5 Å². The van der Waals surface area contributed by atoms with Crippen LogP contribution in [-0.2, 0) is 19.4 Å². The summed E-state index contributed by atoms with van der Waals surface area (Å²) in [7, 11) is 1.88. The fourth-order valence-corrected chi connectivity index (χ4v) is 3.05. The third kappa shape index (κ3) is 4.27. The maximum Gasteiger partial charge on any atom is 0.191 e. The van der Waals surface area contributed by atoms with E-state index in [-0.39, 0.29) is 5.82 Å². The fourth-order valence-electron chi connectivity index (χ4n) is 2.05. The molecule has 3 rings (SSSR count). The van der Waals surface area contributed by atoms with E-state index in [4.69, 9.17) is 16.3 Å². The molecule has 0 saturated heterocycles. The normalized spacial score (nSPS) is 10.8. The molecular formula is C17H15ClFN3OS. The molecule has 3 aromatic rings. The van der Waals surface area contributed by atoms with Crippen molar-refractivity contribution in [2.24, 2.45) is 7.05 Å². The van der Waals surface area contributed by atoms with Gasteiger partial charge < -0.3 is 9.30 Å². The molecule has 0 radical (unpaired) electrons. The summed E-state index contributed by atoms with van der Waals surface area (Å²) in [6.07, 6.45) is 0. The van der Waals surface area contributed by atoms with E-state index in [9.17, 15) is 4.39 Å². The Morgan fingerprint density at radius 1 is 1.17 bits per heavy atom. The highest BCUT2D eigenvalue weighted by Gasteiger charge is 2.10. The van der Waals surface area contributed by atoms with Gasteiger partial charge in [0, 0.05) is 17.8 Å². The quantitative estimate of drug-likeness (QED) is 0.605. The van der Waals surface area contributed by atoms with Crippen molar-refractivity contribution in [2.45, 2.75) is 17.5 Å². The fraction of sp³-hybridized carbons (Fsp3) is 0.176. The molecule has 0 saturated carbocycles. The number of halogens is 2. The van der Waals surface area contributed by atoms with Crippen LogP contribution in [-0.4, -0.2) is 14.8 Å². The lowest BCUT2D eigenvalue weighted by Gasteiger charge is -2.06. The molecule has 0 fully saturated rings. The second kappa shape index (κ2) is 7.68. The SMILES string of the molecule is Cn1c(COc2ccc(Cl)cc2)nnc1SCc1cccc(F)c1. The van der Waals surface area contributed by atoms with Gasteiger partial charge in [0.2, 0.25) is 0 Å². The summed E-state index contributed by atoms with van der Waals surface area (Å²) in [6.45, 7) is 0.311. The molecule has 0 atom stereocenters. The molecule has 0 spiro atoms. The second-order valence-electron chi connectivity index (χ2n) is 5.12. The lowest BCUT2D eigenvalue weighted by atomic mass is 10.2. The minimum absolute atomic E-state index is 0.233. The van der Waals surface area contributed by atoms with Gasteiger partial charge in [0.1, 0.15) is 18.2 Å². The Labute approximate surface area is 148 Å². The van der Waals surface area contributed by atoms with Crippen LogP contribution in [0.3, 0.4) is 0 Å². The third-order valence-corrected chi connectivity index (χ3v) is 4.71. The topological polar surface area (TPSA) is 39.9 Å². The van der Waals surface area contributed by atoms with E-state index in [0.29, 0.717) is 23.2 Å². The lowest BCUT2D eigenvalue weighted by Crippen LogP contribution is -2.04. The van der Waals surface area contributed by atoms with Gasteiger partial charge in [-0.3, -0.25) is 0 Å². The maximum atomic E-state index is 13.2. The Bertz CT molecular complexity index is 823. The highest BCUT2D eigenvalue weighted by molar-refractivity contribution is 7.98. The van der Waals surface area contributed by atoms with Crippen LogP contribution < -0.4 is 4.74 Å². The molecule has 4 nitrogen and oxygen atoms in total. The minimum atomic E-state index is -0.233. The summed E-state index contributed by atoms with van der Waals surface area (Å²) in [5.41, 5.74) is 0.905. The monoisotopic (exact) mass is 363 g/mol. The molecule has 0 bridgehead atoms. The van der Waals surface area contributed by atoms with Crippen LogP contribution in [0.1, 0.15) is 11.4 Å². The number of rotatable bonds is 6. The Morgan fingerprint density at radius 3 is 2.71 bits per heavy atom. The first-order valence-corrected chi connectivity index (χ1v) is 8.62. The summed E-state index contributed by atoms with van der Waals surface area (Å²) in [6, 6.07) is 13.7. The van der Waals surface area contributed by atoms with Crippen LogP contribution in [0.15, 0.2) is 53.7 Å². The highest BCUT2D eigenvalue weighted by Crippen LogP contribution is 2.22. The number of aromatic nitrogens is 3. The summed E-state index contributed by atoms with van der Waals surface area (Å²) in [5.74, 6) is 1.83. The van der Waals surface area contributed by atoms with Gasteiger partial charge in [-0.1, -0.05) is 35.5 Å². The first kappa shape index (κ1) is 16.8. The van der Waals surface area contributed by atoms with Crippen molar-refractivity contribution in [2.75, 3.05) is 0 Å². The molecule has 124 valence electrons. The molecular weight excluding hydrogens is 349 g/mol. The zero-order valence-corrected chi connectivity index (χ0v) is 14.5. The van der Waals surface area contributed by atoms with Gasteiger partial charge in [-0.25, -0.2) is 4.39 Å². The number of benzene rings is 2. The summed E-state index contributed by atoms with van der Waals surface area (Å²) in [4.78, 5) is 0. The molecule has 1 heterocycles. The van der Waals surface area contributed by atoms with Gasteiger partial charge in [0.15, 0.2) is 11.0 Å². The molecule has 0 N–H and O–H groups in total. The molecule has 0 aliphatic rings. The average Bonchev–Trinajstić information content (AvgIpc) is 2.93. The largest absolute Gasteiger partial charge is 0.486 e. The van der Waals surface area contributed by atoms with Gasteiger partial charge >= 0.3 is 0 Å². The van der Waals surface area contributed by atoms with E-state index in [1.165, 1.54) is 23.9 Å². The van der Waals surface area contributed by atoms with Crippen LogP contribution in [0.2, 0.25) is 5.02 Å². The summed E-state index contributed by atoms with van der Waals surface area (Å²) < 4.78 is 20.7. The van der Waals surface area contributed by atoms with Crippen LogP contribution in [0.25, 0.3) is 0 Å². The van der Waals surface area contributed by atoms with Crippen LogP contribution in [0.5, 0.6) is 5.75 Å². The Kier molecular flexibility index (Phi) is 5.37. The Morgan fingerprint density at radius 2 is 1.96 bits per heavy atom. The molecule has 24 heavy (non-hydrogen) atoms. The van der Waals surface area contributed by atoms with E-state index in [1.54, 1.807) is 30.3 Å². The van der Waals surface area contributed by atoms with Crippen molar-refractivity contribution in [3.8, 4) is 5.75 Å². The van der Waals surface area contributed by atoms with Gasteiger partial charge in [-0.15, -0.1) is 10.2 Å². The zero-order valence-electron chi connectivity index (χ0n) is 12.9. The number of hydrogen-bond donors (Lipinski definition) is 0. The van der Waals surface area contributed by atoms with Crippen molar-refractivity contribution in [3.05, 3.63) is 70.8 Å². The first-order valence-electron chi connectivity index (χ1n) is 7.26. The van der Waals surface area contributed by atoms with Crippen molar-refractivity contribution in [1.29, 1.82) is 0 Å². The number of nitrogens with zero attached hydrogens (tertiary/aromatic N) is 3. The Hall–Kier alpha value is -2.05. The van der Waals surface area contributed by atoms with E-state index < -0.39 is 0 Å². The van der Waals surface area contributed by atoms with Gasteiger partial charge in [-0.05, 0) is 42.0 Å². The predicted molar refractivity (Wildman–Crippen MR) is 92.7 cm³/mol. The van der Waals surface area contributed by atoms with Gasteiger partial charge in [0.25, 0.3) is 0 Å². The van der Waals surface area contributed by atoms with E-state index in [1.807, 2.05) is 17.7 Å². The number of hydrogen-bond acceptors (Lipinski definition) is 4. The number of ether oxygens (including phenoxy) is 1. The van der Waals surface area contributed by atoms with E-state index in [2.05, 4.69) is 10.2 Å². The van der Waals surface area contributed by atoms with Gasteiger partial charge in [0.05, 0.1) is 0 Å². The molecule has 0 aliphatic heterocycles. The van der Waals surface area contributed by atoms with Crippen molar-refractivity contribution >= 4 is 23.4 Å². The maximum absolute atomic E-state index is 13.2. The smallest absolute Gasteiger partial charge is 0.191 e. The van der Waals surface area contributed by atoms with Gasteiger partial charge in [-0.2, -0.15) is 0 Å². The van der Waals surface area contributed by atoms with Crippen LogP contribution >= 0.6 is 23.4 Å². The van der Waals surface area contributed by atoms with E-state index >= 15 is 0 Å². The molecule has 7 heteroatoms. The van der Waals surface area contributed by atoms with Crippen molar-refractivity contribution in [1.82, 2.24) is 14.8 Å². The zero-order chi connectivity index (χ0) is 16.9. The lowest BCUT2D eigenvalue weighted by molar-refractivity contribution is 0.290. The van der Waals surface area contributed by atoms with Crippen molar-refractivity contribution < 1.29 is 9.13 Å². The molecule has 0 aliphatic carbocycles. The molecule has 0 unspecified atom stereocenters. The van der Waals surface area contributed by atoms with Crippen LogP contribution in [0.4, 0.5) is 4.39 Å². The first-order chi connectivity index (χ1) is 11.6. The third-order valence-electron chi connectivity index (χ3n) is 3.36. The molecule has 1 aromatic heterocycles. The molecule has 2 aromatic carbocycles. The van der Waals surface area contributed by atoms with Crippen LogP contribution in [0, 0.1) is 5.82 Å². The highest BCUT2D eigenvalue weighted by atomic mass is 35.5. The Balaban J connectivity index is 1.60. The standard InChI is InChI=1S/C17H15ClFN3OS/c1-22-16(10-23-15-7-5-13(18)6-8-15)20-21-17(22)24-11-12-3-2-4-14(19)9-12/h2-9H,10-11H2,1H3.